The van der Waals surface area contributed by atoms with Crippen LogP contribution in [0.5, 0.6) is 5.75 Å². The van der Waals surface area contributed by atoms with Crippen molar-refractivity contribution in [3.05, 3.63) is 29.3 Å². The Morgan fingerprint density at radius 1 is 1.40 bits per heavy atom. The first-order valence-corrected chi connectivity index (χ1v) is 5.20. The third-order valence-corrected chi connectivity index (χ3v) is 2.28. The molecule has 0 fully saturated rings. The molecular weight excluding hydrogens is 190 g/mol. The van der Waals surface area contributed by atoms with Crippen molar-refractivity contribution < 1.29 is 9.84 Å². The van der Waals surface area contributed by atoms with Crippen LogP contribution in [-0.2, 0) is 0 Å². The number of aryl methyl sites for hydroxylation is 2. The van der Waals surface area contributed by atoms with Crippen molar-refractivity contribution in [1.82, 2.24) is 0 Å². The quantitative estimate of drug-likeness (QED) is 0.770. The summed E-state index contributed by atoms with van der Waals surface area (Å²) in [4.78, 5) is 0. The lowest BCUT2D eigenvalue weighted by Crippen LogP contribution is -2.28. The predicted molar refractivity (Wildman–Crippen MR) is 61.1 cm³/mol. The minimum Gasteiger partial charge on any atom is -0.492 e. The van der Waals surface area contributed by atoms with E-state index in [1.807, 2.05) is 26.0 Å². The molecule has 3 heteroatoms. The highest BCUT2D eigenvalue weighted by molar-refractivity contribution is 5.35. The lowest BCUT2D eigenvalue weighted by molar-refractivity contribution is 0.233. The second-order valence-corrected chi connectivity index (χ2v) is 3.85. The predicted octanol–water partition coefficient (Wildman–Crippen LogP) is 1.39. The lowest BCUT2D eigenvalue weighted by Gasteiger charge is -2.13. The summed E-state index contributed by atoms with van der Waals surface area (Å²) in [5.41, 5.74) is 8.07. The zero-order valence-electron chi connectivity index (χ0n) is 9.36. The van der Waals surface area contributed by atoms with E-state index in [1.165, 1.54) is 5.56 Å². The maximum atomic E-state index is 8.69. The van der Waals surface area contributed by atoms with Crippen molar-refractivity contribution in [2.24, 2.45) is 5.73 Å². The van der Waals surface area contributed by atoms with Gasteiger partial charge in [-0.15, -0.1) is 0 Å². The first kappa shape index (κ1) is 12.0. The first-order chi connectivity index (χ1) is 7.13. The monoisotopic (exact) mass is 209 g/mol. The molecule has 15 heavy (non-hydrogen) atoms. The number of nitrogens with two attached hydrogens (primary N) is 1. The highest BCUT2D eigenvalue weighted by Crippen LogP contribution is 2.18. The fraction of sp³-hybridized carbons (Fsp3) is 0.500. The molecule has 0 spiro atoms. The largest absolute Gasteiger partial charge is 0.492 e. The first-order valence-electron chi connectivity index (χ1n) is 5.20. The van der Waals surface area contributed by atoms with Gasteiger partial charge in [0.05, 0.1) is 0 Å². The summed E-state index contributed by atoms with van der Waals surface area (Å²) in [5, 5.41) is 8.69. The molecule has 3 N–H and O–H groups in total. The number of ether oxygens (including phenoxy) is 1. The van der Waals surface area contributed by atoms with E-state index in [-0.39, 0.29) is 12.6 Å². The molecule has 0 radical (unpaired) electrons. The van der Waals surface area contributed by atoms with E-state index in [2.05, 4.69) is 6.07 Å². The number of hydrogen-bond acceptors (Lipinski definition) is 3. The Kier molecular flexibility index (Phi) is 4.59. The van der Waals surface area contributed by atoms with Gasteiger partial charge < -0.3 is 15.6 Å². The summed E-state index contributed by atoms with van der Waals surface area (Å²) >= 11 is 0. The Morgan fingerprint density at radius 3 is 2.73 bits per heavy atom. The summed E-state index contributed by atoms with van der Waals surface area (Å²) in [5.74, 6) is 0.869. The fourth-order valence-electron chi connectivity index (χ4n) is 1.41. The highest BCUT2D eigenvalue weighted by atomic mass is 16.5. The van der Waals surface area contributed by atoms with Crippen molar-refractivity contribution in [2.45, 2.75) is 26.3 Å². The molecule has 0 bridgehead atoms. The van der Waals surface area contributed by atoms with Gasteiger partial charge in [-0.1, -0.05) is 17.7 Å². The van der Waals surface area contributed by atoms with Gasteiger partial charge in [0.1, 0.15) is 12.4 Å². The van der Waals surface area contributed by atoms with Crippen LogP contribution in [0.1, 0.15) is 17.5 Å². The number of hydrogen-bond donors (Lipinski definition) is 2. The zero-order chi connectivity index (χ0) is 11.3. The van der Waals surface area contributed by atoms with Crippen LogP contribution in [0.4, 0.5) is 0 Å². The van der Waals surface area contributed by atoms with Gasteiger partial charge in [-0.05, 0) is 31.9 Å². The molecule has 1 aromatic rings. The number of aliphatic hydroxyl groups is 1. The Labute approximate surface area is 90.9 Å². The smallest absolute Gasteiger partial charge is 0.122 e. The average Bonchev–Trinajstić information content (AvgIpc) is 2.17. The van der Waals surface area contributed by atoms with E-state index in [9.17, 15) is 0 Å². The zero-order valence-corrected chi connectivity index (χ0v) is 9.36. The van der Waals surface area contributed by atoms with Gasteiger partial charge in [-0.3, -0.25) is 0 Å². The summed E-state index contributed by atoms with van der Waals surface area (Å²) in [6.45, 7) is 4.62. The van der Waals surface area contributed by atoms with E-state index in [4.69, 9.17) is 15.6 Å². The lowest BCUT2D eigenvalue weighted by atomic mass is 10.1. The van der Waals surface area contributed by atoms with Crippen molar-refractivity contribution in [3.63, 3.8) is 0 Å². The Morgan fingerprint density at radius 2 is 2.13 bits per heavy atom. The molecular formula is C12H19NO2. The van der Waals surface area contributed by atoms with Crippen molar-refractivity contribution in [3.8, 4) is 5.75 Å². The van der Waals surface area contributed by atoms with Gasteiger partial charge >= 0.3 is 0 Å². The van der Waals surface area contributed by atoms with Crippen LogP contribution < -0.4 is 10.5 Å². The normalized spacial score (nSPS) is 12.5. The van der Waals surface area contributed by atoms with Crippen LogP contribution in [0.15, 0.2) is 18.2 Å². The molecule has 0 heterocycles. The van der Waals surface area contributed by atoms with E-state index in [1.54, 1.807) is 0 Å². The summed E-state index contributed by atoms with van der Waals surface area (Å²) in [6.07, 6.45) is 0.574. The minimum absolute atomic E-state index is 0.101. The van der Waals surface area contributed by atoms with E-state index < -0.39 is 0 Å². The van der Waals surface area contributed by atoms with Gasteiger partial charge in [0, 0.05) is 12.6 Å². The standard InChI is InChI=1S/C12H19NO2/c1-9-3-4-12(10(2)7-9)15-8-11(13)5-6-14/h3-4,7,11,14H,5-6,8,13H2,1-2H3. The second-order valence-electron chi connectivity index (χ2n) is 3.85. The third kappa shape index (κ3) is 3.90. The molecule has 1 unspecified atom stereocenters. The van der Waals surface area contributed by atoms with Crippen LogP contribution in [-0.4, -0.2) is 24.4 Å². The van der Waals surface area contributed by atoms with E-state index >= 15 is 0 Å². The molecule has 1 atom stereocenters. The SMILES string of the molecule is Cc1ccc(OCC(N)CCO)c(C)c1. The molecule has 0 aliphatic rings. The van der Waals surface area contributed by atoms with Crippen molar-refractivity contribution in [1.29, 1.82) is 0 Å². The Balaban J connectivity index is 2.50. The maximum absolute atomic E-state index is 8.69. The van der Waals surface area contributed by atoms with Crippen LogP contribution in [0.3, 0.4) is 0 Å². The number of aliphatic hydroxyl groups excluding tert-OH is 1. The molecule has 0 aliphatic carbocycles. The molecule has 0 amide bonds. The van der Waals surface area contributed by atoms with Crippen LogP contribution in [0.2, 0.25) is 0 Å². The maximum Gasteiger partial charge on any atom is 0.122 e. The fourth-order valence-corrected chi connectivity index (χ4v) is 1.41. The van der Waals surface area contributed by atoms with Crippen LogP contribution in [0.25, 0.3) is 0 Å². The molecule has 1 aromatic carbocycles. The van der Waals surface area contributed by atoms with Crippen molar-refractivity contribution in [2.75, 3.05) is 13.2 Å². The van der Waals surface area contributed by atoms with Crippen molar-refractivity contribution >= 4 is 0 Å². The van der Waals surface area contributed by atoms with Crippen LogP contribution >= 0.6 is 0 Å². The van der Waals surface area contributed by atoms with Gasteiger partial charge in [-0.25, -0.2) is 0 Å². The van der Waals surface area contributed by atoms with Crippen LogP contribution in [0, 0.1) is 13.8 Å². The number of rotatable bonds is 5. The van der Waals surface area contributed by atoms with Gasteiger partial charge in [0.15, 0.2) is 0 Å². The third-order valence-electron chi connectivity index (χ3n) is 2.28. The topological polar surface area (TPSA) is 55.5 Å². The molecule has 0 aliphatic heterocycles. The Bertz CT molecular complexity index is 312. The molecule has 3 nitrogen and oxygen atoms in total. The summed E-state index contributed by atoms with van der Waals surface area (Å²) < 4.78 is 5.57. The van der Waals surface area contributed by atoms with Gasteiger partial charge in [0.2, 0.25) is 0 Å². The molecule has 0 saturated heterocycles. The summed E-state index contributed by atoms with van der Waals surface area (Å²) in [7, 11) is 0. The van der Waals surface area contributed by atoms with E-state index in [0.717, 1.165) is 11.3 Å². The second kappa shape index (κ2) is 5.73. The molecule has 0 saturated carbocycles. The number of benzene rings is 1. The molecule has 1 rings (SSSR count). The average molecular weight is 209 g/mol. The summed E-state index contributed by atoms with van der Waals surface area (Å²) in [6, 6.07) is 5.94. The minimum atomic E-state index is -0.101. The van der Waals surface area contributed by atoms with Gasteiger partial charge in [-0.2, -0.15) is 0 Å². The molecule has 84 valence electrons. The van der Waals surface area contributed by atoms with Gasteiger partial charge in [0.25, 0.3) is 0 Å². The highest BCUT2D eigenvalue weighted by Gasteiger charge is 2.04. The Hall–Kier alpha value is -1.06. The molecule has 0 aromatic heterocycles. The van der Waals surface area contributed by atoms with E-state index in [0.29, 0.717) is 13.0 Å².